The SMILES string of the molecule is CCC1CN(CC(=O)Nc2cc(N)ccc2F)CCS1. The van der Waals surface area contributed by atoms with Gasteiger partial charge in [0, 0.05) is 29.8 Å². The first-order valence-electron chi connectivity index (χ1n) is 6.77. The van der Waals surface area contributed by atoms with E-state index in [-0.39, 0.29) is 11.6 Å². The van der Waals surface area contributed by atoms with Crippen molar-refractivity contribution in [2.45, 2.75) is 18.6 Å². The first kappa shape index (κ1) is 15.1. The minimum Gasteiger partial charge on any atom is -0.399 e. The fourth-order valence-electron chi connectivity index (χ4n) is 2.20. The van der Waals surface area contributed by atoms with Crippen LogP contribution in [0.25, 0.3) is 0 Å². The number of carbonyl (C=O) groups excluding carboxylic acids is 1. The third-order valence-corrected chi connectivity index (χ3v) is 4.68. The molecule has 1 saturated heterocycles. The molecule has 1 aromatic rings. The molecule has 1 amide bonds. The largest absolute Gasteiger partial charge is 0.399 e. The van der Waals surface area contributed by atoms with Crippen molar-refractivity contribution in [2.75, 3.05) is 36.4 Å². The number of benzene rings is 1. The summed E-state index contributed by atoms with van der Waals surface area (Å²) < 4.78 is 13.5. The van der Waals surface area contributed by atoms with E-state index in [1.807, 2.05) is 11.8 Å². The fraction of sp³-hybridized carbons (Fsp3) is 0.500. The van der Waals surface area contributed by atoms with Gasteiger partial charge in [-0.25, -0.2) is 4.39 Å². The molecule has 1 unspecified atom stereocenters. The zero-order chi connectivity index (χ0) is 14.5. The van der Waals surface area contributed by atoms with E-state index in [0.29, 0.717) is 17.5 Å². The smallest absolute Gasteiger partial charge is 0.238 e. The lowest BCUT2D eigenvalue weighted by Gasteiger charge is -2.31. The van der Waals surface area contributed by atoms with Gasteiger partial charge in [0.1, 0.15) is 5.82 Å². The van der Waals surface area contributed by atoms with Gasteiger partial charge in [0.15, 0.2) is 0 Å². The molecular weight excluding hydrogens is 277 g/mol. The van der Waals surface area contributed by atoms with Crippen LogP contribution in [0.15, 0.2) is 18.2 Å². The van der Waals surface area contributed by atoms with E-state index in [2.05, 4.69) is 17.1 Å². The normalized spacial score (nSPS) is 19.8. The number of hydrogen-bond donors (Lipinski definition) is 2. The maximum atomic E-state index is 13.5. The Bertz CT molecular complexity index is 483. The Labute approximate surface area is 122 Å². The number of nitrogens with one attached hydrogen (secondary N) is 1. The number of amides is 1. The summed E-state index contributed by atoms with van der Waals surface area (Å²) in [7, 11) is 0. The number of rotatable bonds is 4. The number of anilines is 2. The highest BCUT2D eigenvalue weighted by molar-refractivity contribution is 8.00. The van der Waals surface area contributed by atoms with Crippen LogP contribution < -0.4 is 11.1 Å². The Balaban J connectivity index is 1.90. The average molecular weight is 297 g/mol. The molecule has 6 heteroatoms. The quantitative estimate of drug-likeness (QED) is 0.836. The zero-order valence-corrected chi connectivity index (χ0v) is 12.4. The van der Waals surface area contributed by atoms with Gasteiger partial charge < -0.3 is 11.1 Å². The van der Waals surface area contributed by atoms with Gasteiger partial charge in [0.05, 0.1) is 12.2 Å². The minimum atomic E-state index is -0.465. The molecule has 3 N–H and O–H groups in total. The number of thioether (sulfide) groups is 1. The summed E-state index contributed by atoms with van der Waals surface area (Å²) in [4.78, 5) is 14.1. The van der Waals surface area contributed by atoms with Gasteiger partial charge in [-0.05, 0) is 24.6 Å². The standard InChI is InChI=1S/C14H20FN3OS/c1-2-11-8-18(5-6-20-11)9-14(19)17-13-7-10(16)3-4-12(13)15/h3-4,7,11H,2,5-6,8-9,16H2,1H3,(H,17,19). The van der Waals surface area contributed by atoms with E-state index in [1.54, 1.807) is 0 Å². The second-order valence-electron chi connectivity index (χ2n) is 4.92. The Morgan fingerprint density at radius 1 is 1.60 bits per heavy atom. The van der Waals surface area contributed by atoms with Crippen LogP contribution in [0.5, 0.6) is 0 Å². The second kappa shape index (κ2) is 6.95. The van der Waals surface area contributed by atoms with Crippen molar-refractivity contribution in [2.24, 2.45) is 0 Å². The molecule has 0 saturated carbocycles. The predicted molar refractivity (Wildman–Crippen MR) is 82.4 cm³/mol. The molecule has 1 aliphatic heterocycles. The lowest BCUT2D eigenvalue weighted by atomic mass is 10.2. The van der Waals surface area contributed by atoms with Crippen LogP contribution in [-0.4, -0.2) is 41.4 Å². The van der Waals surface area contributed by atoms with Crippen LogP contribution in [0.2, 0.25) is 0 Å². The van der Waals surface area contributed by atoms with Gasteiger partial charge in [-0.2, -0.15) is 11.8 Å². The first-order valence-corrected chi connectivity index (χ1v) is 7.82. The summed E-state index contributed by atoms with van der Waals surface area (Å²) in [5.41, 5.74) is 6.17. The van der Waals surface area contributed by atoms with Crippen molar-refractivity contribution in [3.05, 3.63) is 24.0 Å². The van der Waals surface area contributed by atoms with Crippen LogP contribution in [0.3, 0.4) is 0 Å². The zero-order valence-electron chi connectivity index (χ0n) is 11.6. The molecule has 1 heterocycles. The predicted octanol–water partition coefficient (Wildman–Crippen LogP) is 2.17. The van der Waals surface area contributed by atoms with Gasteiger partial charge in [0.25, 0.3) is 0 Å². The lowest BCUT2D eigenvalue weighted by Crippen LogP contribution is -2.42. The van der Waals surface area contributed by atoms with Gasteiger partial charge in [-0.1, -0.05) is 6.92 Å². The molecule has 0 radical (unpaired) electrons. The van der Waals surface area contributed by atoms with Crippen molar-refractivity contribution < 1.29 is 9.18 Å². The number of carbonyl (C=O) groups is 1. The van der Waals surface area contributed by atoms with Gasteiger partial charge in [0.2, 0.25) is 5.91 Å². The Kier molecular flexibility index (Phi) is 5.25. The monoisotopic (exact) mass is 297 g/mol. The Morgan fingerprint density at radius 2 is 2.40 bits per heavy atom. The summed E-state index contributed by atoms with van der Waals surface area (Å²) in [6.07, 6.45) is 1.10. The van der Waals surface area contributed by atoms with E-state index < -0.39 is 5.82 Å². The number of hydrogen-bond acceptors (Lipinski definition) is 4. The fourth-order valence-corrected chi connectivity index (χ4v) is 3.45. The number of nitrogens with zero attached hydrogens (tertiary/aromatic N) is 1. The van der Waals surface area contributed by atoms with Crippen LogP contribution in [0.4, 0.5) is 15.8 Å². The van der Waals surface area contributed by atoms with E-state index in [4.69, 9.17) is 5.73 Å². The van der Waals surface area contributed by atoms with Crippen LogP contribution in [0.1, 0.15) is 13.3 Å². The van der Waals surface area contributed by atoms with Crippen LogP contribution in [0, 0.1) is 5.82 Å². The molecule has 1 aliphatic rings. The highest BCUT2D eigenvalue weighted by atomic mass is 32.2. The van der Waals surface area contributed by atoms with Crippen molar-refractivity contribution >= 4 is 29.0 Å². The molecule has 0 bridgehead atoms. The average Bonchev–Trinajstić information content (AvgIpc) is 2.43. The van der Waals surface area contributed by atoms with Crippen molar-refractivity contribution in [3.8, 4) is 0 Å². The third-order valence-electron chi connectivity index (χ3n) is 3.31. The molecular formula is C14H20FN3OS. The maximum Gasteiger partial charge on any atom is 0.238 e. The molecule has 1 aromatic carbocycles. The number of nitrogen functional groups attached to an aromatic ring is 1. The molecule has 1 fully saturated rings. The molecule has 0 spiro atoms. The molecule has 2 rings (SSSR count). The summed E-state index contributed by atoms with van der Waals surface area (Å²) in [5, 5.41) is 3.17. The minimum absolute atomic E-state index is 0.147. The highest BCUT2D eigenvalue weighted by Gasteiger charge is 2.21. The van der Waals surface area contributed by atoms with Crippen LogP contribution >= 0.6 is 11.8 Å². The number of nitrogens with two attached hydrogens (primary N) is 1. The summed E-state index contributed by atoms with van der Waals surface area (Å²) in [6.45, 7) is 4.26. The van der Waals surface area contributed by atoms with E-state index in [9.17, 15) is 9.18 Å². The van der Waals surface area contributed by atoms with E-state index >= 15 is 0 Å². The third kappa shape index (κ3) is 4.11. The van der Waals surface area contributed by atoms with Gasteiger partial charge in [-0.3, -0.25) is 9.69 Å². The molecule has 110 valence electrons. The van der Waals surface area contributed by atoms with Gasteiger partial charge in [-0.15, -0.1) is 0 Å². The summed E-state index contributed by atoms with van der Waals surface area (Å²) in [6, 6.07) is 4.17. The second-order valence-corrected chi connectivity index (χ2v) is 6.33. The maximum absolute atomic E-state index is 13.5. The summed E-state index contributed by atoms with van der Waals surface area (Å²) in [5.74, 6) is 0.378. The summed E-state index contributed by atoms with van der Waals surface area (Å²) >= 11 is 1.95. The molecule has 0 aromatic heterocycles. The molecule has 0 aliphatic carbocycles. The molecule has 1 atom stereocenters. The van der Waals surface area contributed by atoms with Crippen molar-refractivity contribution in [3.63, 3.8) is 0 Å². The van der Waals surface area contributed by atoms with Crippen LogP contribution in [-0.2, 0) is 4.79 Å². The van der Waals surface area contributed by atoms with Crippen molar-refractivity contribution in [1.29, 1.82) is 0 Å². The Morgan fingerprint density at radius 3 is 3.15 bits per heavy atom. The topological polar surface area (TPSA) is 58.4 Å². The first-order chi connectivity index (χ1) is 9.58. The Hall–Kier alpha value is -1.27. The van der Waals surface area contributed by atoms with E-state index in [1.165, 1.54) is 18.2 Å². The van der Waals surface area contributed by atoms with Gasteiger partial charge >= 0.3 is 0 Å². The molecule has 20 heavy (non-hydrogen) atoms. The lowest BCUT2D eigenvalue weighted by molar-refractivity contribution is -0.117. The van der Waals surface area contributed by atoms with E-state index in [0.717, 1.165) is 25.3 Å². The molecule has 4 nitrogen and oxygen atoms in total. The number of halogens is 1. The van der Waals surface area contributed by atoms with Crippen molar-refractivity contribution in [1.82, 2.24) is 4.90 Å². The highest BCUT2D eigenvalue weighted by Crippen LogP contribution is 2.21.